The van der Waals surface area contributed by atoms with Gasteiger partial charge in [-0.2, -0.15) is 0 Å². The number of pyridine rings is 1. The third-order valence-electron chi connectivity index (χ3n) is 4.81. The van der Waals surface area contributed by atoms with Crippen LogP contribution in [0.25, 0.3) is 0 Å². The number of nitrogens with zero attached hydrogens (tertiary/aromatic N) is 2. The molecular formula is C18H30N4O. The molecule has 0 radical (unpaired) electrons. The molecule has 1 fully saturated rings. The second-order valence-electron chi connectivity index (χ2n) is 6.39. The van der Waals surface area contributed by atoms with Gasteiger partial charge >= 0.3 is 0 Å². The van der Waals surface area contributed by atoms with E-state index in [0.717, 1.165) is 37.7 Å². The second-order valence-corrected chi connectivity index (χ2v) is 6.39. The molecule has 0 aliphatic carbocycles. The van der Waals surface area contributed by atoms with Crippen molar-refractivity contribution in [2.24, 2.45) is 11.8 Å². The van der Waals surface area contributed by atoms with Crippen LogP contribution in [0, 0.1) is 11.8 Å². The molecule has 0 spiro atoms. The van der Waals surface area contributed by atoms with Gasteiger partial charge in [-0.25, -0.2) is 4.98 Å². The maximum atomic E-state index is 12.2. The van der Waals surface area contributed by atoms with Gasteiger partial charge in [0.05, 0.1) is 11.9 Å². The largest absolute Gasteiger partial charge is 0.357 e. The highest BCUT2D eigenvalue weighted by atomic mass is 16.1. The molecular weight excluding hydrogens is 288 g/mol. The lowest BCUT2D eigenvalue weighted by Gasteiger charge is -2.27. The fraction of sp³-hybridized carbons (Fsp3) is 0.667. The Hall–Kier alpha value is -1.62. The Morgan fingerprint density at radius 2 is 2.04 bits per heavy atom. The van der Waals surface area contributed by atoms with Crippen molar-refractivity contribution in [3.05, 3.63) is 18.3 Å². The number of hydrogen-bond acceptors (Lipinski definition) is 4. The van der Waals surface area contributed by atoms with Gasteiger partial charge in [-0.1, -0.05) is 6.92 Å². The zero-order valence-electron chi connectivity index (χ0n) is 14.6. The van der Waals surface area contributed by atoms with Crippen LogP contribution in [0.1, 0.15) is 40.0 Å². The molecule has 1 atom stereocenters. The molecule has 1 unspecified atom stereocenters. The quantitative estimate of drug-likeness (QED) is 0.811. The lowest BCUT2D eigenvalue weighted by atomic mass is 9.84. The fourth-order valence-electron chi connectivity index (χ4n) is 3.28. The van der Waals surface area contributed by atoms with Crippen LogP contribution in [-0.2, 0) is 4.79 Å². The first kappa shape index (κ1) is 17.7. The molecule has 1 aliphatic heterocycles. The van der Waals surface area contributed by atoms with E-state index in [0.29, 0.717) is 18.3 Å². The molecule has 2 N–H and O–H groups in total. The van der Waals surface area contributed by atoms with Crippen molar-refractivity contribution in [1.29, 1.82) is 0 Å². The maximum absolute atomic E-state index is 12.2. The van der Waals surface area contributed by atoms with Crippen molar-refractivity contribution in [1.82, 2.24) is 10.3 Å². The SMILES string of the molecule is CCN(CC)c1ccc(NC(=O)CC(C)C2CCNCC2)cn1. The Balaban J connectivity index is 1.84. The molecule has 0 saturated carbocycles. The van der Waals surface area contributed by atoms with Crippen molar-refractivity contribution in [3.63, 3.8) is 0 Å². The van der Waals surface area contributed by atoms with E-state index in [9.17, 15) is 4.79 Å². The minimum Gasteiger partial charge on any atom is -0.357 e. The van der Waals surface area contributed by atoms with Crippen molar-refractivity contribution in [2.45, 2.75) is 40.0 Å². The standard InChI is InChI=1S/C18H30N4O/c1-4-22(5-2)17-7-6-16(13-20-17)21-18(23)12-14(3)15-8-10-19-11-9-15/h6-7,13-15,19H,4-5,8-12H2,1-3H3,(H,21,23). The number of amides is 1. The molecule has 1 aromatic rings. The number of hydrogen-bond donors (Lipinski definition) is 2. The smallest absolute Gasteiger partial charge is 0.224 e. The molecule has 128 valence electrons. The molecule has 5 heteroatoms. The van der Waals surface area contributed by atoms with Crippen LogP contribution in [0.3, 0.4) is 0 Å². The van der Waals surface area contributed by atoms with E-state index >= 15 is 0 Å². The molecule has 1 aliphatic rings. The molecule has 0 aromatic carbocycles. The van der Waals surface area contributed by atoms with Crippen molar-refractivity contribution < 1.29 is 4.79 Å². The molecule has 1 saturated heterocycles. The number of rotatable bonds is 7. The number of anilines is 2. The lowest BCUT2D eigenvalue weighted by molar-refractivity contribution is -0.117. The van der Waals surface area contributed by atoms with E-state index in [2.05, 4.69) is 41.3 Å². The topological polar surface area (TPSA) is 57.3 Å². The molecule has 1 aromatic heterocycles. The number of carbonyl (C=O) groups excluding carboxylic acids is 1. The number of nitrogens with one attached hydrogen (secondary N) is 2. The Bertz CT molecular complexity index is 478. The highest BCUT2D eigenvalue weighted by Gasteiger charge is 2.22. The van der Waals surface area contributed by atoms with Gasteiger partial charge in [0, 0.05) is 19.5 Å². The summed E-state index contributed by atoms with van der Waals surface area (Å²) in [5, 5.41) is 6.35. The van der Waals surface area contributed by atoms with Crippen molar-refractivity contribution in [2.75, 3.05) is 36.4 Å². The third kappa shape index (κ3) is 5.20. The van der Waals surface area contributed by atoms with Crippen LogP contribution in [0.5, 0.6) is 0 Å². The monoisotopic (exact) mass is 318 g/mol. The molecule has 5 nitrogen and oxygen atoms in total. The summed E-state index contributed by atoms with van der Waals surface area (Å²) in [7, 11) is 0. The van der Waals surface area contributed by atoms with Gasteiger partial charge in [-0.3, -0.25) is 4.79 Å². The number of piperidine rings is 1. The van der Waals surface area contributed by atoms with Crippen molar-refractivity contribution >= 4 is 17.4 Å². The summed E-state index contributed by atoms with van der Waals surface area (Å²) in [5.74, 6) is 2.13. The zero-order chi connectivity index (χ0) is 16.7. The molecule has 2 rings (SSSR count). The summed E-state index contributed by atoms with van der Waals surface area (Å²) < 4.78 is 0. The molecule has 0 bridgehead atoms. The van der Waals surface area contributed by atoms with E-state index < -0.39 is 0 Å². The van der Waals surface area contributed by atoms with E-state index in [1.54, 1.807) is 6.20 Å². The van der Waals surface area contributed by atoms with Gasteiger partial charge in [0.25, 0.3) is 0 Å². The predicted molar refractivity (Wildman–Crippen MR) is 95.8 cm³/mol. The van der Waals surface area contributed by atoms with E-state index in [1.165, 1.54) is 12.8 Å². The summed E-state index contributed by atoms with van der Waals surface area (Å²) in [6.45, 7) is 10.4. The first-order valence-electron chi connectivity index (χ1n) is 8.85. The maximum Gasteiger partial charge on any atom is 0.224 e. The normalized spacial score (nSPS) is 16.8. The summed E-state index contributed by atoms with van der Waals surface area (Å²) in [6, 6.07) is 3.91. The Morgan fingerprint density at radius 1 is 1.35 bits per heavy atom. The minimum absolute atomic E-state index is 0.0911. The molecule has 2 heterocycles. The number of aromatic nitrogens is 1. The first-order valence-corrected chi connectivity index (χ1v) is 8.85. The van der Waals surface area contributed by atoms with Gasteiger partial charge in [-0.05, 0) is 63.7 Å². The minimum atomic E-state index is 0.0911. The highest BCUT2D eigenvalue weighted by Crippen LogP contribution is 2.24. The second kappa shape index (κ2) is 8.87. The van der Waals surface area contributed by atoms with Crippen LogP contribution in [0.4, 0.5) is 11.5 Å². The van der Waals surface area contributed by atoms with Gasteiger partial charge < -0.3 is 15.5 Å². The summed E-state index contributed by atoms with van der Waals surface area (Å²) in [5.41, 5.74) is 0.781. The van der Waals surface area contributed by atoms with Crippen molar-refractivity contribution in [3.8, 4) is 0 Å². The van der Waals surface area contributed by atoms with Gasteiger partial charge in [-0.15, -0.1) is 0 Å². The van der Waals surface area contributed by atoms with Crippen LogP contribution >= 0.6 is 0 Å². The molecule has 23 heavy (non-hydrogen) atoms. The van der Waals surface area contributed by atoms with Gasteiger partial charge in [0.1, 0.15) is 5.82 Å². The summed E-state index contributed by atoms with van der Waals surface area (Å²) >= 11 is 0. The zero-order valence-corrected chi connectivity index (χ0v) is 14.6. The van der Waals surface area contributed by atoms with Gasteiger partial charge in [0.15, 0.2) is 0 Å². The highest BCUT2D eigenvalue weighted by molar-refractivity contribution is 5.90. The first-order chi connectivity index (χ1) is 11.1. The molecule has 1 amide bonds. The Kier molecular flexibility index (Phi) is 6.84. The summed E-state index contributed by atoms with van der Waals surface area (Å²) in [6.07, 6.45) is 4.69. The van der Waals surface area contributed by atoms with Crippen LogP contribution < -0.4 is 15.5 Å². The van der Waals surface area contributed by atoms with E-state index in [4.69, 9.17) is 0 Å². The Morgan fingerprint density at radius 3 is 2.61 bits per heavy atom. The average molecular weight is 318 g/mol. The van der Waals surface area contributed by atoms with Crippen LogP contribution in [-0.4, -0.2) is 37.1 Å². The van der Waals surface area contributed by atoms with Crippen LogP contribution in [0.2, 0.25) is 0 Å². The predicted octanol–water partition coefficient (Wildman–Crippen LogP) is 2.89. The average Bonchev–Trinajstić information content (AvgIpc) is 2.58. The van der Waals surface area contributed by atoms with Crippen LogP contribution in [0.15, 0.2) is 18.3 Å². The summed E-state index contributed by atoms with van der Waals surface area (Å²) in [4.78, 5) is 18.9. The van der Waals surface area contributed by atoms with E-state index in [1.807, 2.05) is 12.1 Å². The van der Waals surface area contributed by atoms with Gasteiger partial charge in [0.2, 0.25) is 5.91 Å². The third-order valence-corrected chi connectivity index (χ3v) is 4.81. The fourth-order valence-corrected chi connectivity index (χ4v) is 3.28. The van der Waals surface area contributed by atoms with E-state index in [-0.39, 0.29) is 5.91 Å². The number of carbonyl (C=O) groups is 1. The Labute approximate surface area is 139 Å². The lowest BCUT2D eigenvalue weighted by Crippen LogP contribution is -2.32.